The Morgan fingerprint density at radius 1 is 1.39 bits per heavy atom. The maximum absolute atomic E-state index is 13.9. The fraction of sp³-hybridized carbons (Fsp3) is 0.571. The Bertz CT molecular complexity index is 393. The minimum absolute atomic E-state index is 0.124. The third kappa shape index (κ3) is 3.07. The zero-order chi connectivity index (χ0) is 13.0. The summed E-state index contributed by atoms with van der Waals surface area (Å²) in [6.07, 6.45) is 3.55. The van der Waals surface area contributed by atoms with Crippen LogP contribution in [0.2, 0.25) is 0 Å². The van der Waals surface area contributed by atoms with Crippen LogP contribution in [0.5, 0.6) is 0 Å². The number of nitrogens with zero attached hydrogens (tertiary/aromatic N) is 1. The van der Waals surface area contributed by atoms with Crippen LogP contribution >= 0.6 is 0 Å². The van der Waals surface area contributed by atoms with E-state index < -0.39 is 0 Å². The van der Waals surface area contributed by atoms with Crippen LogP contribution in [0.15, 0.2) is 18.2 Å². The van der Waals surface area contributed by atoms with Crippen LogP contribution in [-0.4, -0.2) is 29.2 Å². The van der Waals surface area contributed by atoms with Gasteiger partial charge in [0.2, 0.25) is 0 Å². The van der Waals surface area contributed by atoms with Gasteiger partial charge in [-0.2, -0.15) is 0 Å². The van der Waals surface area contributed by atoms with E-state index in [0.29, 0.717) is 31.2 Å². The molecule has 3 nitrogen and oxygen atoms in total. The van der Waals surface area contributed by atoms with Gasteiger partial charge in [-0.3, -0.25) is 4.90 Å². The highest BCUT2D eigenvalue weighted by atomic mass is 19.1. The van der Waals surface area contributed by atoms with Crippen LogP contribution in [0, 0.1) is 5.82 Å². The second kappa shape index (κ2) is 6.27. The van der Waals surface area contributed by atoms with E-state index in [1.165, 1.54) is 12.5 Å². The first kappa shape index (κ1) is 13.5. The quantitative estimate of drug-likeness (QED) is 0.809. The number of benzene rings is 1. The second-order valence-corrected chi connectivity index (χ2v) is 4.91. The van der Waals surface area contributed by atoms with Gasteiger partial charge >= 0.3 is 0 Å². The second-order valence-electron chi connectivity index (χ2n) is 4.91. The van der Waals surface area contributed by atoms with Crippen LogP contribution in [0.3, 0.4) is 0 Å². The van der Waals surface area contributed by atoms with Gasteiger partial charge < -0.3 is 10.8 Å². The summed E-state index contributed by atoms with van der Waals surface area (Å²) in [5, 5.41) is 9.08. The number of halogens is 1. The minimum atomic E-state index is -0.194. The monoisotopic (exact) mass is 252 g/mol. The van der Waals surface area contributed by atoms with E-state index >= 15 is 0 Å². The van der Waals surface area contributed by atoms with Gasteiger partial charge in [0.15, 0.2) is 0 Å². The average molecular weight is 252 g/mol. The third-order valence-electron chi connectivity index (χ3n) is 3.70. The zero-order valence-electron chi connectivity index (χ0n) is 10.6. The molecule has 1 aliphatic carbocycles. The number of rotatable bonds is 6. The molecule has 0 bridgehead atoms. The highest BCUT2D eigenvalue weighted by Crippen LogP contribution is 2.26. The largest absolute Gasteiger partial charge is 0.395 e. The van der Waals surface area contributed by atoms with Crippen molar-refractivity contribution in [1.82, 2.24) is 4.90 Å². The molecule has 0 heterocycles. The fourth-order valence-corrected chi connectivity index (χ4v) is 2.34. The van der Waals surface area contributed by atoms with Gasteiger partial charge in [-0.1, -0.05) is 18.6 Å². The number of nitrogens with two attached hydrogens (primary N) is 1. The van der Waals surface area contributed by atoms with Crippen LogP contribution in [0.25, 0.3) is 0 Å². The van der Waals surface area contributed by atoms with Crippen LogP contribution in [-0.2, 0) is 13.1 Å². The highest BCUT2D eigenvalue weighted by Gasteiger charge is 2.25. The lowest BCUT2D eigenvalue weighted by molar-refractivity contribution is 0.0934. The zero-order valence-corrected chi connectivity index (χ0v) is 10.6. The molecule has 0 spiro atoms. The molecule has 3 N–H and O–H groups in total. The van der Waals surface area contributed by atoms with Crippen molar-refractivity contribution in [2.45, 2.75) is 38.4 Å². The molecule has 1 aromatic carbocycles. The summed E-state index contributed by atoms with van der Waals surface area (Å²) in [5.74, 6) is -0.194. The molecule has 0 amide bonds. The van der Waals surface area contributed by atoms with E-state index in [2.05, 4.69) is 4.90 Å². The van der Waals surface area contributed by atoms with E-state index in [-0.39, 0.29) is 12.4 Å². The lowest BCUT2D eigenvalue weighted by Gasteiger charge is -2.37. The topological polar surface area (TPSA) is 49.5 Å². The summed E-state index contributed by atoms with van der Waals surface area (Å²) in [7, 11) is 0. The summed E-state index contributed by atoms with van der Waals surface area (Å²) in [5.41, 5.74) is 6.99. The molecule has 1 aliphatic rings. The van der Waals surface area contributed by atoms with E-state index in [1.54, 1.807) is 6.07 Å². The molecule has 0 unspecified atom stereocenters. The number of aliphatic hydroxyl groups is 1. The lowest BCUT2D eigenvalue weighted by Crippen LogP contribution is -2.41. The number of hydrogen-bond acceptors (Lipinski definition) is 3. The SMILES string of the molecule is NCc1ccc(CN(CCO)C2CCC2)c(F)c1. The first-order valence-electron chi connectivity index (χ1n) is 6.57. The maximum atomic E-state index is 13.9. The highest BCUT2D eigenvalue weighted by molar-refractivity contribution is 5.24. The van der Waals surface area contributed by atoms with Gasteiger partial charge in [-0.25, -0.2) is 4.39 Å². The Labute approximate surface area is 107 Å². The molecule has 2 rings (SSSR count). The van der Waals surface area contributed by atoms with Gasteiger partial charge in [0, 0.05) is 31.2 Å². The molecule has 100 valence electrons. The van der Waals surface area contributed by atoms with Gasteiger partial charge in [0.05, 0.1) is 6.61 Å². The van der Waals surface area contributed by atoms with Crippen LogP contribution in [0.4, 0.5) is 4.39 Å². The van der Waals surface area contributed by atoms with Crippen LogP contribution < -0.4 is 5.73 Å². The van der Waals surface area contributed by atoms with E-state index in [1.807, 2.05) is 6.07 Å². The molecule has 1 fully saturated rings. The molecule has 0 aliphatic heterocycles. The molecule has 1 saturated carbocycles. The van der Waals surface area contributed by atoms with Crippen LogP contribution in [0.1, 0.15) is 30.4 Å². The smallest absolute Gasteiger partial charge is 0.128 e. The maximum Gasteiger partial charge on any atom is 0.128 e. The normalized spacial score (nSPS) is 16.0. The van der Waals surface area contributed by atoms with Crippen molar-refractivity contribution >= 4 is 0 Å². The summed E-state index contributed by atoms with van der Waals surface area (Å²) in [6.45, 7) is 1.67. The summed E-state index contributed by atoms with van der Waals surface area (Å²) < 4.78 is 13.9. The molecule has 4 heteroatoms. The Hall–Kier alpha value is -0.970. The first-order chi connectivity index (χ1) is 8.74. The van der Waals surface area contributed by atoms with Gasteiger partial charge in [0.1, 0.15) is 5.82 Å². The predicted molar refractivity (Wildman–Crippen MR) is 69.4 cm³/mol. The molecule has 1 aromatic rings. The Kier molecular flexibility index (Phi) is 4.69. The van der Waals surface area contributed by atoms with Crippen molar-refractivity contribution in [2.75, 3.05) is 13.2 Å². The van der Waals surface area contributed by atoms with Gasteiger partial charge in [-0.05, 0) is 24.5 Å². The van der Waals surface area contributed by atoms with Crippen molar-refractivity contribution < 1.29 is 9.50 Å². The molecule has 0 saturated heterocycles. The fourth-order valence-electron chi connectivity index (χ4n) is 2.34. The Morgan fingerprint density at radius 3 is 2.67 bits per heavy atom. The number of hydrogen-bond donors (Lipinski definition) is 2. The molecule has 0 radical (unpaired) electrons. The van der Waals surface area contributed by atoms with E-state index in [0.717, 1.165) is 18.4 Å². The molecular weight excluding hydrogens is 231 g/mol. The van der Waals surface area contributed by atoms with Crippen molar-refractivity contribution in [2.24, 2.45) is 5.73 Å². The summed E-state index contributed by atoms with van der Waals surface area (Å²) in [4.78, 5) is 2.17. The minimum Gasteiger partial charge on any atom is -0.395 e. The Balaban J connectivity index is 2.05. The van der Waals surface area contributed by atoms with E-state index in [4.69, 9.17) is 10.8 Å². The van der Waals surface area contributed by atoms with Crippen molar-refractivity contribution in [3.05, 3.63) is 35.1 Å². The standard InChI is InChI=1S/C14H21FN2O/c15-14-8-11(9-16)4-5-12(14)10-17(6-7-18)13-2-1-3-13/h4-5,8,13,18H,1-3,6-7,9-10,16H2. The molecule has 0 aromatic heterocycles. The summed E-state index contributed by atoms with van der Waals surface area (Å²) in [6, 6.07) is 5.69. The number of aliphatic hydroxyl groups excluding tert-OH is 1. The molecule has 0 atom stereocenters. The Morgan fingerprint density at radius 2 is 2.17 bits per heavy atom. The molecular formula is C14H21FN2O. The molecule has 18 heavy (non-hydrogen) atoms. The average Bonchev–Trinajstić information content (AvgIpc) is 2.29. The lowest BCUT2D eigenvalue weighted by atomic mass is 9.91. The van der Waals surface area contributed by atoms with Crippen molar-refractivity contribution in [3.8, 4) is 0 Å². The third-order valence-corrected chi connectivity index (χ3v) is 3.70. The van der Waals surface area contributed by atoms with Gasteiger partial charge in [0.25, 0.3) is 0 Å². The predicted octanol–water partition coefficient (Wildman–Crippen LogP) is 1.63. The first-order valence-corrected chi connectivity index (χ1v) is 6.57. The van der Waals surface area contributed by atoms with Crippen molar-refractivity contribution in [3.63, 3.8) is 0 Å². The van der Waals surface area contributed by atoms with Gasteiger partial charge in [-0.15, -0.1) is 0 Å². The van der Waals surface area contributed by atoms with E-state index in [9.17, 15) is 4.39 Å². The van der Waals surface area contributed by atoms with Crippen molar-refractivity contribution in [1.29, 1.82) is 0 Å². The summed E-state index contributed by atoms with van der Waals surface area (Å²) >= 11 is 0.